The SMILES string of the molecule is CCCCc1cc(=O)oc2cc(OCC(=O)N[C@@H](Cc3ccccc3)C(=O)O)ccc12. The lowest BCUT2D eigenvalue weighted by Gasteiger charge is -2.15. The topological polar surface area (TPSA) is 106 Å². The second kappa shape index (κ2) is 10.4. The standard InChI is InChI=1S/C24H25NO6/c1-2-3-9-17-13-23(27)31-21-14-18(10-11-19(17)21)30-15-22(26)25-20(24(28)29)12-16-7-5-4-6-8-16/h4-8,10-11,13-14,20H,2-3,9,12,15H2,1H3,(H,25,26)(H,28,29)/t20-/m0/s1. The molecule has 1 aromatic heterocycles. The molecular formula is C24H25NO6. The number of benzene rings is 2. The minimum absolute atomic E-state index is 0.170. The number of carbonyl (C=O) groups excluding carboxylic acids is 1. The summed E-state index contributed by atoms with van der Waals surface area (Å²) in [5.74, 6) is -1.32. The molecule has 31 heavy (non-hydrogen) atoms. The van der Waals surface area contributed by atoms with Gasteiger partial charge in [0.15, 0.2) is 6.61 Å². The molecule has 0 saturated heterocycles. The Labute approximate surface area is 179 Å². The Hall–Kier alpha value is -3.61. The van der Waals surface area contributed by atoms with Gasteiger partial charge >= 0.3 is 11.6 Å². The third kappa shape index (κ3) is 6.18. The van der Waals surface area contributed by atoms with E-state index in [2.05, 4.69) is 12.2 Å². The highest BCUT2D eigenvalue weighted by Gasteiger charge is 2.20. The number of carboxylic acid groups (broad SMARTS) is 1. The van der Waals surface area contributed by atoms with Crippen molar-refractivity contribution in [3.63, 3.8) is 0 Å². The first-order chi connectivity index (χ1) is 15.0. The molecule has 2 N–H and O–H groups in total. The van der Waals surface area contributed by atoms with Crippen LogP contribution < -0.4 is 15.7 Å². The van der Waals surface area contributed by atoms with Gasteiger partial charge in [0, 0.05) is 23.9 Å². The molecule has 1 atom stereocenters. The van der Waals surface area contributed by atoms with E-state index < -0.39 is 23.5 Å². The highest BCUT2D eigenvalue weighted by atomic mass is 16.5. The van der Waals surface area contributed by atoms with Crippen molar-refractivity contribution >= 4 is 22.8 Å². The van der Waals surface area contributed by atoms with E-state index >= 15 is 0 Å². The minimum Gasteiger partial charge on any atom is -0.484 e. The number of amides is 1. The molecule has 0 spiro atoms. The van der Waals surface area contributed by atoms with Gasteiger partial charge in [-0.2, -0.15) is 0 Å². The molecule has 0 aliphatic carbocycles. The zero-order chi connectivity index (χ0) is 22.2. The summed E-state index contributed by atoms with van der Waals surface area (Å²) in [4.78, 5) is 35.6. The van der Waals surface area contributed by atoms with Crippen molar-refractivity contribution in [1.29, 1.82) is 0 Å². The number of aliphatic carboxylic acids is 1. The van der Waals surface area contributed by atoms with Crippen LogP contribution >= 0.6 is 0 Å². The van der Waals surface area contributed by atoms with Gasteiger partial charge in [0.1, 0.15) is 17.4 Å². The molecule has 2 aromatic carbocycles. The minimum atomic E-state index is -1.12. The fraction of sp³-hybridized carbons (Fsp3) is 0.292. The van der Waals surface area contributed by atoms with Gasteiger partial charge in [0.25, 0.3) is 5.91 Å². The quantitative estimate of drug-likeness (QED) is 0.485. The van der Waals surface area contributed by atoms with Crippen LogP contribution in [0.4, 0.5) is 0 Å². The molecule has 162 valence electrons. The first-order valence-corrected chi connectivity index (χ1v) is 10.2. The number of carboxylic acids is 1. The largest absolute Gasteiger partial charge is 0.484 e. The van der Waals surface area contributed by atoms with E-state index in [9.17, 15) is 19.5 Å². The smallest absolute Gasteiger partial charge is 0.336 e. The van der Waals surface area contributed by atoms with Gasteiger partial charge in [0.2, 0.25) is 0 Å². The zero-order valence-electron chi connectivity index (χ0n) is 17.3. The lowest BCUT2D eigenvalue weighted by Crippen LogP contribution is -2.44. The van der Waals surface area contributed by atoms with Crippen molar-refractivity contribution in [1.82, 2.24) is 5.32 Å². The van der Waals surface area contributed by atoms with E-state index in [1.54, 1.807) is 30.3 Å². The number of fused-ring (bicyclic) bond motifs is 1. The summed E-state index contributed by atoms with van der Waals surface area (Å²) in [5, 5.41) is 12.7. The van der Waals surface area contributed by atoms with Crippen molar-refractivity contribution in [3.05, 3.63) is 76.1 Å². The molecule has 0 radical (unpaired) electrons. The molecule has 0 aliphatic rings. The van der Waals surface area contributed by atoms with Crippen LogP contribution in [-0.4, -0.2) is 29.6 Å². The third-order valence-corrected chi connectivity index (χ3v) is 4.89. The van der Waals surface area contributed by atoms with E-state index in [1.165, 1.54) is 6.07 Å². The molecule has 0 unspecified atom stereocenters. The molecule has 0 saturated carbocycles. The average Bonchev–Trinajstić information content (AvgIpc) is 2.75. The number of aryl methyl sites for hydroxylation is 1. The van der Waals surface area contributed by atoms with Crippen molar-refractivity contribution in [2.75, 3.05) is 6.61 Å². The molecule has 1 amide bonds. The monoisotopic (exact) mass is 423 g/mol. The van der Waals surface area contributed by atoms with Crippen molar-refractivity contribution in [3.8, 4) is 5.75 Å². The van der Waals surface area contributed by atoms with Crippen LogP contribution in [0.3, 0.4) is 0 Å². The maximum Gasteiger partial charge on any atom is 0.336 e. The summed E-state index contributed by atoms with van der Waals surface area (Å²) in [6.45, 7) is 1.73. The summed E-state index contributed by atoms with van der Waals surface area (Å²) in [5.41, 5.74) is 1.69. The second-order valence-corrected chi connectivity index (χ2v) is 7.29. The number of ether oxygens (including phenoxy) is 1. The van der Waals surface area contributed by atoms with Gasteiger partial charge in [-0.3, -0.25) is 4.79 Å². The number of rotatable bonds is 10. The Morgan fingerprint density at radius 2 is 1.90 bits per heavy atom. The number of nitrogens with one attached hydrogen (secondary N) is 1. The molecule has 7 heteroatoms. The molecule has 1 heterocycles. The van der Waals surface area contributed by atoms with E-state index in [-0.39, 0.29) is 13.0 Å². The normalized spacial score (nSPS) is 11.8. The van der Waals surface area contributed by atoms with E-state index in [0.717, 1.165) is 35.8 Å². The van der Waals surface area contributed by atoms with Crippen molar-refractivity contribution in [2.45, 2.75) is 38.6 Å². The first-order valence-electron chi connectivity index (χ1n) is 10.2. The molecule has 0 bridgehead atoms. The Morgan fingerprint density at radius 1 is 1.13 bits per heavy atom. The van der Waals surface area contributed by atoms with Crippen LogP contribution in [0.15, 0.2) is 63.8 Å². The predicted octanol–water partition coefficient (Wildman–Crippen LogP) is 3.33. The maximum absolute atomic E-state index is 12.2. The van der Waals surface area contributed by atoms with Crippen LogP contribution in [0.25, 0.3) is 11.0 Å². The molecule has 0 fully saturated rings. The van der Waals surface area contributed by atoms with Gasteiger partial charge in [-0.1, -0.05) is 43.7 Å². The van der Waals surface area contributed by atoms with Gasteiger partial charge in [0.05, 0.1) is 0 Å². The maximum atomic E-state index is 12.2. The van der Waals surface area contributed by atoms with E-state index in [4.69, 9.17) is 9.15 Å². The number of hydrogen-bond acceptors (Lipinski definition) is 5. The predicted molar refractivity (Wildman–Crippen MR) is 116 cm³/mol. The molecule has 7 nitrogen and oxygen atoms in total. The van der Waals surface area contributed by atoms with Crippen LogP contribution in [-0.2, 0) is 22.4 Å². The number of hydrogen-bond donors (Lipinski definition) is 2. The zero-order valence-corrected chi connectivity index (χ0v) is 17.3. The average molecular weight is 423 g/mol. The van der Waals surface area contributed by atoms with Gasteiger partial charge in [-0.15, -0.1) is 0 Å². The summed E-state index contributed by atoms with van der Waals surface area (Å²) in [6.07, 6.45) is 2.92. The van der Waals surface area contributed by atoms with Crippen LogP contribution in [0.1, 0.15) is 30.9 Å². The Morgan fingerprint density at radius 3 is 2.61 bits per heavy atom. The van der Waals surface area contributed by atoms with Crippen LogP contribution in [0.2, 0.25) is 0 Å². The number of carbonyl (C=O) groups is 2. The van der Waals surface area contributed by atoms with Crippen molar-refractivity contribution < 1.29 is 23.8 Å². The summed E-state index contributed by atoms with van der Waals surface area (Å²) in [6, 6.07) is 14.6. The molecule has 3 aromatic rings. The third-order valence-electron chi connectivity index (χ3n) is 4.89. The molecule has 0 aliphatic heterocycles. The Balaban J connectivity index is 1.65. The highest BCUT2D eigenvalue weighted by molar-refractivity contribution is 5.85. The fourth-order valence-corrected chi connectivity index (χ4v) is 3.31. The van der Waals surface area contributed by atoms with Crippen molar-refractivity contribution in [2.24, 2.45) is 0 Å². The lowest BCUT2D eigenvalue weighted by molar-refractivity contribution is -0.142. The Kier molecular flexibility index (Phi) is 7.43. The van der Waals surface area contributed by atoms with Crippen LogP contribution in [0.5, 0.6) is 5.75 Å². The molecular weight excluding hydrogens is 398 g/mol. The van der Waals surface area contributed by atoms with Gasteiger partial charge < -0.3 is 19.6 Å². The highest BCUT2D eigenvalue weighted by Crippen LogP contribution is 2.23. The summed E-state index contributed by atoms with van der Waals surface area (Å²) >= 11 is 0. The fourth-order valence-electron chi connectivity index (χ4n) is 3.31. The second-order valence-electron chi connectivity index (χ2n) is 7.29. The van der Waals surface area contributed by atoms with E-state index in [1.807, 2.05) is 18.2 Å². The summed E-state index contributed by atoms with van der Waals surface area (Å²) < 4.78 is 10.8. The van der Waals surface area contributed by atoms with Crippen LogP contribution in [0, 0.1) is 0 Å². The molecule has 3 rings (SSSR count). The van der Waals surface area contributed by atoms with Gasteiger partial charge in [-0.25, -0.2) is 9.59 Å². The van der Waals surface area contributed by atoms with E-state index in [0.29, 0.717) is 11.3 Å². The first kappa shape index (κ1) is 22.1. The lowest BCUT2D eigenvalue weighted by atomic mass is 10.0. The number of unbranched alkanes of at least 4 members (excludes halogenated alkanes) is 1. The summed E-state index contributed by atoms with van der Waals surface area (Å²) in [7, 11) is 0. The van der Waals surface area contributed by atoms with Gasteiger partial charge in [-0.05, 0) is 36.1 Å². The Bertz CT molecular complexity index is 1110.